The average molecular weight is 221 g/mol. The van der Waals surface area contributed by atoms with Gasteiger partial charge in [0.25, 0.3) is 0 Å². The molecule has 11 heavy (non-hydrogen) atoms. The zero-order valence-electron chi connectivity index (χ0n) is 6.80. The van der Waals surface area contributed by atoms with E-state index >= 15 is 0 Å². The molecule has 0 aromatic carbocycles. The van der Waals surface area contributed by atoms with E-state index in [4.69, 9.17) is 4.84 Å². The smallest absolute Gasteiger partial charge is 0.143 e. The Bertz CT molecular complexity index is 147. The Hall–Kier alpha value is -0.350. The van der Waals surface area contributed by atoms with Crippen LogP contribution in [0.4, 0.5) is 0 Å². The lowest BCUT2D eigenvalue weighted by Crippen LogP contribution is -2.24. The number of aliphatic imine (C=N–C) groups is 1. The molecule has 1 N–H and O–H groups in total. The van der Waals surface area contributed by atoms with Gasteiger partial charge in [-0.05, 0) is 6.92 Å². The summed E-state index contributed by atoms with van der Waals surface area (Å²) in [6.07, 6.45) is 2.53. The fourth-order valence-electron chi connectivity index (χ4n) is 0.374. The highest BCUT2D eigenvalue weighted by molar-refractivity contribution is 9.09. The molecule has 0 heterocycles. The van der Waals surface area contributed by atoms with Crippen molar-refractivity contribution in [3.8, 4) is 0 Å². The van der Waals surface area contributed by atoms with Gasteiger partial charge in [-0.3, -0.25) is 15.3 Å². The summed E-state index contributed by atoms with van der Waals surface area (Å²) in [6, 6.07) is 0. The third kappa shape index (κ3) is 6.06. The van der Waals surface area contributed by atoms with E-state index in [1.807, 2.05) is 6.92 Å². The first-order valence-electron chi connectivity index (χ1n) is 3.30. The number of rotatable bonds is 4. The zero-order chi connectivity index (χ0) is 8.69. The Morgan fingerprint density at radius 3 is 3.00 bits per heavy atom. The Morgan fingerprint density at radius 2 is 2.55 bits per heavy atom. The highest BCUT2D eigenvalue weighted by Crippen LogP contribution is 2.04. The Balaban J connectivity index is 3.45. The van der Waals surface area contributed by atoms with E-state index in [0.29, 0.717) is 0 Å². The number of alkyl halides is 1. The van der Waals surface area contributed by atoms with Gasteiger partial charge in [0.05, 0.1) is 0 Å². The lowest BCUT2D eigenvalue weighted by atomic mass is 10.5. The first kappa shape index (κ1) is 10.7. The number of nitrogens with one attached hydrogen (secondary N) is 1. The monoisotopic (exact) mass is 220 g/mol. The van der Waals surface area contributed by atoms with Gasteiger partial charge >= 0.3 is 0 Å². The van der Waals surface area contributed by atoms with Crippen LogP contribution in [0.15, 0.2) is 17.6 Å². The van der Waals surface area contributed by atoms with E-state index in [0.717, 1.165) is 12.3 Å². The number of hydrogen-bond donors (Lipinski definition) is 1. The highest BCUT2D eigenvalue weighted by Gasteiger charge is 2.00. The largest absolute Gasteiger partial charge is 0.274 e. The van der Waals surface area contributed by atoms with Crippen LogP contribution in [0, 0.1) is 0 Å². The van der Waals surface area contributed by atoms with Crippen LogP contribution in [-0.4, -0.2) is 17.9 Å². The Morgan fingerprint density at radius 1 is 1.91 bits per heavy atom. The predicted octanol–water partition coefficient (Wildman–Crippen LogP) is 1.85. The number of nitrogens with zero attached hydrogens (tertiary/aromatic N) is 1. The van der Waals surface area contributed by atoms with E-state index in [-0.39, 0.29) is 5.01 Å². The quantitative estimate of drug-likeness (QED) is 0.258. The van der Waals surface area contributed by atoms with Crippen molar-refractivity contribution in [2.45, 2.75) is 18.4 Å². The van der Waals surface area contributed by atoms with Crippen LogP contribution in [0.5, 0.6) is 0 Å². The molecule has 0 aromatic heterocycles. The van der Waals surface area contributed by atoms with Crippen LogP contribution in [0.25, 0.3) is 0 Å². The first-order valence-corrected chi connectivity index (χ1v) is 4.22. The zero-order valence-corrected chi connectivity index (χ0v) is 8.39. The minimum Gasteiger partial charge on any atom is -0.274 e. The molecular weight excluding hydrogens is 208 g/mol. The van der Waals surface area contributed by atoms with Crippen LogP contribution < -0.4 is 5.48 Å². The summed E-state index contributed by atoms with van der Waals surface area (Å²) in [5.74, 6) is 0.749. The van der Waals surface area contributed by atoms with Crippen LogP contribution in [0.3, 0.4) is 0 Å². The molecular formula is C7H13BrN2O. The predicted molar refractivity (Wildman–Crippen MR) is 50.8 cm³/mol. The molecule has 1 unspecified atom stereocenters. The summed E-state index contributed by atoms with van der Waals surface area (Å²) < 4.78 is 0. The summed E-state index contributed by atoms with van der Waals surface area (Å²) in [6.45, 7) is 5.41. The maximum Gasteiger partial charge on any atom is 0.143 e. The lowest BCUT2D eigenvalue weighted by Gasteiger charge is -2.09. The van der Waals surface area contributed by atoms with Crippen molar-refractivity contribution in [1.29, 1.82) is 0 Å². The SMILES string of the molecule is C=CCC(Br)ONC(C)=NC. The van der Waals surface area contributed by atoms with Crippen LogP contribution >= 0.6 is 15.9 Å². The molecule has 0 saturated carbocycles. The van der Waals surface area contributed by atoms with Gasteiger partial charge in [0.15, 0.2) is 0 Å². The summed E-state index contributed by atoms with van der Waals surface area (Å²) >= 11 is 3.28. The van der Waals surface area contributed by atoms with E-state index < -0.39 is 0 Å². The maximum absolute atomic E-state index is 5.10. The van der Waals surface area contributed by atoms with Crippen molar-refractivity contribution in [3.63, 3.8) is 0 Å². The van der Waals surface area contributed by atoms with Crippen molar-refractivity contribution in [3.05, 3.63) is 12.7 Å². The van der Waals surface area contributed by atoms with E-state index in [2.05, 4.69) is 33.0 Å². The Labute approximate surface area is 75.6 Å². The van der Waals surface area contributed by atoms with E-state index in [9.17, 15) is 0 Å². The number of amidine groups is 1. The molecule has 0 aliphatic carbocycles. The molecule has 0 aliphatic heterocycles. The molecule has 0 aliphatic rings. The number of hydrogen-bond acceptors (Lipinski definition) is 2. The molecule has 1 atom stereocenters. The molecule has 0 bridgehead atoms. The van der Waals surface area contributed by atoms with Crippen LogP contribution in [0.1, 0.15) is 13.3 Å². The van der Waals surface area contributed by atoms with Gasteiger partial charge in [-0.2, -0.15) is 0 Å². The molecule has 64 valence electrons. The van der Waals surface area contributed by atoms with Gasteiger partial charge in [0.2, 0.25) is 0 Å². The van der Waals surface area contributed by atoms with Gasteiger partial charge in [-0.1, -0.05) is 22.0 Å². The van der Waals surface area contributed by atoms with Crippen molar-refractivity contribution in [1.82, 2.24) is 5.48 Å². The average Bonchev–Trinajstić information content (AvgIpc) is 2.01. The molecule has 3 nitrogen and oxygen atoms in total. The second kappa shape index (κ2) is 6.37. The number of hydroxylamine groups is 1. The molecule has 0 aromatic rings. The van der Waals surface area contributed by atoms with Crippen LogP contribution in [-0.2, 0) is 4.84 Å². The lowest BCUT2D eigenvalue weighted by molar-refractivity contribution is 0.0699. The Kier molecular flexibility index (Phi) is 6.16. The van der Waals surface area contributed by atoms with Crippen molar-refractivity contribution >= 4 is 21.8 Å². The van der Waals surface area contributed by atoms with Crippen molar-refractivity contribution in [2.24, 2.45) is 4.99 Å². The molecule has 0 rings (SSSR count). The maximum atomic E-state index is 5.10. The summed E-state index contributed by atoms with van der Waals surface area (Å²) in [5, 5.41) is -0.0447. The summed E-state index contributed by atoms with van der Waals surface area (Å²) in [4.78, 5) is 8.95. The molecule has 0 saturated heterocycles. The van der Waals surface area contributed by atoms with E-state index in [1.165, 1.54) is 0 Å². The molecule has 4 heteroatoms. The second-order valence-electron chi connectivity index (χ2n) is 1.96. The highest BCUT2D eigenvalue weighted by atomic mass is 79.9. The van der Waals surface area contributed by atoms with E-state index in [1.54, 1.807) is 13.1 Å². The topological polar surface area (TPSA) is 33.6 Å². The fourth-order valence-corrected chi connectivity index (χ4v) is 0.732. The van der Waals surface area contributed by atoms with Gasteiger partial charge in [0.1, 0.15) is 10.8 Å². The minimum atomic E-state index is -0.0447. The van der Waals surface area contributed by atoms with Gasteiger partial charge in [-0.15, -0.1) is 6.58 Å². The normalized spacial score (nSPS) is 14.3. The van der Waals surface area contributed by atoms with Crippen LogP contribution in [0.2, 0.25) is 0 Å². The van der Waals surface area contributed by atoms with Crippen molar-refractivity contribution < 1.29 is 4.84 Å². The third-order valence-electron chi connectivity index (χ3n) is 1.02. The first-order chi connectivity index (χ1) is 5.20. The molecule has 0 spiro atoms. The van der Waals surface area contributed by atoms with Gasteiger partial charge in [-0.25, -0.2) is 0 Å². The standard InChI is InChI=1S/C7H13BrN2O/c1-4-5-7(8)11-10-6(2)9-3/h4,7H,1,5H2,2-3H3,(H,9,10). The second-order valence-corrected chi connectivity index (χ2v) is 2.98. The molecule has 0 radical (unpaired) electrons. The fraction of sp³-hybridized carbons (Fsp3) is 0.571. The van der Waals surface area contributed by atoms with Crippen molar-refractivity contribution in [2.75, 3.05) is 7.05 Å². The van der Waals surface area contributed by atoms with Gasteiger partial charge < -0.3 is 0 Å². The molecule has 0 fully saturated rings. The minimum absolute atomic E-state index is 0.0447. The number of halogens is 1. The molecule has 0 amide bonds. The van der Waals surface area contributed by atoms with Gasteiger partial charge in [0, 0.05) is 13.5 Å². The summed E-state index contributed by atoms with van der Waals surface area (Å²) in [5.41, 5.74) is 2.67. The third-order valence-corrected chi connectivity index (χ3v) is 1.58. The summed E-state index contributed by atoms with van der Waals surface area (Å²) in [7, 11) is 1.70.